The summed E-state index contributed by atoms with van der Waals surface area (Å²) in [5.74, 6) is 3.63. The molecular weight excluding hydrogens is 917 g/mol. The Morgan fingerprint density at radius 1 is 0.267 bits per heavy atom. The first-order valence-corrected chi connectivity index (χ1v) is 25.1. The van der Waals surface area contributed by atoms with Crippen molar-refractivity contribution in [2.45, 2.75) is 0 Å². The molecule has 8 nitrogen and oxygen atoms in total. The Labute approximate surface area is 432 Å². The van der Waals surface area contributed by atoms with E-state index in [4.69, 9.17) is 29.9 Å². The van der Waals surface area contributed by atoms with Crippen molar-refractivity contribution in [1.29, 1.82) is 0 Å². The molecule has 4 aromatic heterocycles. The zero-order valence-corrected chi connectivity index (χ0v) is 40.7. The number of hydrogen-bond donors (Lipinski definition) is 0. The van der Waals surface area contributed by atoms with Gasteiger partial charge in [0.1, 0.15) is 0 Å². The minimum atomic E-state index is 0.591. The van der Waals surface area contributed by atoms with Crippen LogP contribution in [0.4, 0.5) is 0 Å². The van der Waals surface area contributed by atoms with Gasteiger partial charge < -0.3 is 9.13 Å². The number of para-hydroxylation sites is 3. The maximum atomic E-state index is 5.28. The lowest BCUT2D eigenvalue weighted by molar-refractivity contribution is 1.02. The summed E-state index contributed by atoms with van der Waals surface area (Å²) in [6.45, 7) is 0. The second-order valence-electron chi connectivity index (χ2n) is 18.7. The number of benzene rings is 10. The van der Waals surface area contributed by atoms with Gasteiger partial charge in [-0.3, -0.25) is 0 Å². The SMILES string of the molecule is Cn1c2c(-c3ccccc3-c3nc(-c4ccccc4)nc(-c4ccccc4)n3)cccc2c2c1c(-c1ccccc1-c1nc(-c3ccccc3)nc(-c3ccccc3)n1)cc1c3ccccc3n(-c3ccccc3)c12. The Balaban J connectivity index is 1.07. The van der Waals surface area contributed by atoms with Gasteiger partial charge in [-0.1, -0.05) is 224 Å². The Bertz CT molecular complexity index is 4340. The second kappa shape index (κ2) is 18.1. The van der Waals surface area contributed by atoms with Gasteiger partial charge >= 0.3 is 0 Å². The molecule has 0 aliphatic rings. The number of fused-ring (bicyclic) bond motifs is 7. The summed E-state index contributed by atoms with van der Waals surface area (Å²) in [5.41, 5.74) is 15.1. The van der Waals surface area contributed by atoms with Crippen molar-refractivity contribution in [3.8, 4) is 96.3 Å². The molecule has 0 aliphatic carbocycles. The summed E-state index contributed by atoms with van der Waals surface area (Å²) < 4.78 is 4.83. The van der Waals surface area contributed by atoms with Crippen LogP contribution in [0, 0.1) is 0 Å². The van der Waals surface area contributed by atoms with E-state index >= 15 is 0 Å². The van der Waals surface area contributed by atoms with Crippen LogP contribution in [-0.4, -0.2) is 39.0 Å². The molecule has 14 rings (SSSR count). The average molecular weight is 961 g/mol. The molecule has 0 spiro atoms. The normalized spacial score (nSPS) is 11.5. The maximum Gasteiger partial charge on any atom is 0.164 e. The highest BCUT2D eigenvalue weighted by molar-refractivity contribution is 6.30. The maximum absolute atomic E-state index is 5.28. The number of nitrogens with zero attached hydrogens (tertiary/aromatic N) is 8. The van der Waals surface area contributed by atoms with Crippen LogP contribution >= 0.6 is 0 Å². The van der Waals surface area contributed by atoms with Crippen LogP contribution in [0.5, 0.6) is 0 Å². The molecule has 0 radical (unpaired) electrons. The fourth-order valence-corrected chi connectivity index (χ4v) is 10.9. The topological polar surface area (TPSA) is 87.2 Å². The van der Waals surface area contributed by atoms with Crippen molar-refractivity contribution in [3.05, 3.63) is 249 Å². The molecular formula is C67H44N8. The predicted molar refractivity (Wildman–Crippen MR) is 305 cm³/mol. The Kier molecular flexibility index (Phi) is 10.5. The van der Waals surface area contributed by atoms with Gasteiger partial charge in [0.15, 0.2) is 34.9 Å². The van der Waals surface area contributed by atoms with Gasteiger partial charge in [0.05, 0.1) is 22.1 Å². The molecule has 0 N–H and O–H groups in total. The van der Waals surface area contributed by atoms with Crippen LogP contribution in [0.15, 0.2) is 249 Å². The van der Waals surface area contributed by atoms with Crippen LogP contribution < -0.4 is 0 Å². The van der Waals surface area contributed by atoms with Crippen molar-refractivity contribution in [1.82, 2.24) is 39.0 Å². The highest BCUT2D eigenvalue weighted by atomic mass is 15.0. The molecule has 75 heavy (non-hydrogen) atoms. The molecule has 8 heteroatoms. The van der Waals surface area contributed by atoms with E-state index in [0.29, 0.717) is 34.9 Å². The number of aryl methyl sites for hydroxylation is 1. The van der Waals surface area contributed by atoms with Gasteiger partial charge in [0.2, 0.25) is 0 Å². The first-order valence-electron chi connectivity index (χ1n) is 25.1. The Hall–Kier alpha value is -10.2. The smallest absolute Gasteiger partial charge is 0.164 e. The summed E-state index contributed by atoms with van der Waals surface area (Å²) in [6, 6.07) is 86.2. The molecule has 352 valence electrons. The van der Waals surface area contributed by atoms with Crippen LogP contribution in [0.3, 0.4) is 0 Å². The minimum absolute atomic E-state index is 0.591. The van der Waals surface area contributed by atoms with Crippen LogP contribution in [0.1, 0.15) is 0 Å². The lowest BCUT2D eigenvalue weighted by atomic mass is 9.93. The molecule has 14 aromatic rings. The van der Waals surface area contributed by atoms with Gasteiger partial charge in [-0.15, -0.1) is 0 Å². The van der Waals surface area contributed by atoms with E-state index in [1.165, 1.54) is 0 Å². The summed E-state index contributed by atoms with van der Waals surface area (Å²) in [5, 5.41) is 4.56. The van der Waals surface area contributed by atoms with Gasteiger partial charge in [0.25, 0.3) is 0 Å². The average Bonchev–Trinajstić information content (AvgIpc) is 4.06. The number of aromatic nitrogens is 8. The molecule has 0 fully saturated rings. The summed E-state index contributed by atoms with van der Waals surface area (Å²) in [4.78, 5) is 31.1. The Morgan fingerprint density at radius 2 is 0.640 bits per heavy atom. The molecule has 0 aliphatic heterocycles. The monoisotopic (exact) mass is 960 g/mol. The van der Waals surface area contributed by atoms with Crippen LogP contribution in [0.25, 0.3) is 140 Å². The predicted octanol–water partition coefficient (Wildman–Crippen LogP) is 16.1. The third-order valence-electron chi connectivity index (χ3n) is 14.2. The van der Waals surface area contributed by atoms with Crippen molar-refractivity contribution >= 4 is 43.6 Å². The summed E-state index contributed by atoms with van der Waals surface area (Å²) in [6.07, 6.45) is 0. The molecule has 0 saturated heterocycles. The molecule has 0 unspecified atom stereocenters. The summed E-state index contributed by atoms with van der Waals surface area (Å²) in [7, 11) is 2.21. The number of hydrogen-bond acceptors (Lipinski definition) is 6. The van der Waals surface area contributed by atoms with Crippen molar-refractivity contribution in [2.75, 3.05) is 0 Å². The first-order chi connectivity index (χ1) is 37.1. The molecule has 4 heterocycles. The van der Waals surface area contributed by atoms with Crippen molar-refractivity contribution in [2.24, 2.45) is 7.05 Å². The van der Waals surface area contributed by atoms with E-state index in [-0.39, 0.29) is 0 Å². The number of rotatable bonds is 9. The standard InChI is InChI=1S/C67H44N8/c1-74-59-51(48-34-17-19-37-52(48)66-70-62(43-24-7-2-8-25-43)68-63(71-66)44-26-9-3-10-27-44)39-23-40-54(59)58-60(74)55(42-56-50-36-21-22-41-57(50)75(61(56)58)47-32-15-6-16-33-47)49-35-18-20-38-53(49)67-72-64(45-28-11-4-12-29-45)69-65(73-67)46-30-13-5-14-31-46/h2-42H,1H3. The quantitative estimate of drug-likeness (QED) is 0.143. The van der Waals surface area contributed by atoms with Crippen LogP contribution in [-0.2, 0) is 7.05 Å². The van der Waals surface area contributed by atoms with E-state index in [1.54, 1.807) is 0 Å². The fraction of sp³-hybridized carbons (Fsp3) is 0.0149. The molecule has 0 amide bonds. The molecule has 0 saturated carbocycles. The van der Waals surface area contributed by atoms with Gasteiger partial charge in [-0.05, 0) is 35.4 Å². The minimum Gasteiger partial charge on any atom is -0.343 e. The molecule has 0 bridgehead atoms. The third-order valence-corrected chi connectivity index (χ3v) is 14.2. The summed E-state index contributed by atoms with van der Waals surface area (Å²) >= 11 is 0. The second-order valence-corrected chi connectivity index (χ2v) is 18.7. The van der Waals surface area contributed by atoms with Crippen molar-refractivity contribution < 1.29 is 0 Å². The van der Waals surface area contributed by atoms with Crippen molar-refractivity contribution in [3.63, 3.8) is 0 Å². The Morgan fingerprint density at radius 3 is 1.13 bits per heavy atom. The lowest BCUT2D eigenvalue weighted by Gasteiger charge is -2.15. The molecule has 10 aromatic carbocycles. The van der Waals surface area contributed by atoms with E-state index in [0.717, 1.165) is 105 Å². The highest BCUT2D eigenvalue weighted by Gasteiger charge is 2.27. The van der Waals surface area contributed by atoms with E-state index in [2.05, 4.69) is 168 Å². The largest absolute Gasteiger partial charge is 0.343 e. The van der Waals surface area contributed by atoms with Gasteiger partial charge in [0, 0.05) is 78.8 Å². The first kappa shape index (κ1) is 43.6. The van der Waals surface area contributed by atoms with Gasteiger partial charge in [-0.2, -0.15) is 0 Å². The zero-order chi connectivity index (χ0) is 49.8. The lowest BCUT2D eigenvalue weighted by Crippen LogP contribution is -2.02. The molecule has 0 atom stereocenters. The van der Waals surface area contributed by atoms with Crippen LogP contribution in [0.2, 0.25) is 0 Å². The fourth-order valence-electron chi connectivity index (χ4n) is 10.9. The van der Waals surface area contributed by atoms with Gasteiger partial charge in [-0.25, -0.2) is 29.9 Å². The highest BCUT2D eigenvalue weighted by Crippen LogP contribution is 2.49. The van der Waals surface area contributed by atoms with E-state index in [9.17, 15) is 0 Å². The van der Waals surface area contributed by atoms with E-state index in [1.807, 2.05) is 97.1 Å². The van der Waals surface area contributed by atoms with E-state index < -0.39 is 0 Å². The third kappa shape index (κ3) is 7.46. The zero-order valence-electron chi connectivity index (χ0n) is 40.7.